The molecule has 0 aromatic heterocycles. The largest absolute Gasteiger partial charge is 0.545 e. The van der Waals surface area contributed by atoms with E-state index >= 15 is 0 Å². The molecule has 98 valence electrons. The molecule has 1 N–H and O–H groups in total. The van der Waals surface area contributed by atoms with Gasteiger partial charge >= 0.3 is 0 Å². The molecule has 1 aliphatic rings. The molecule has 0 radical (unpaired) electrons. The molecule has 0 unspecified atom stereocenters. The minimum atomic E-state index is -1.11. The fraction of sp³-hybridized carbons (Fsp3) is 0.500. The normalized spacial score (nSPS) is 16.8. The number of anilines is 1. The Kier molecular flexibility index (Phi) is 4.20. The van der Waals surface area contributed by atoms with E-state index in [1.165, 1.54) is 13.0 Å². The first-order chi connectivity index (χ1) is 8.70. The van der Waals surface area contributed by atoms with Crippen molar-refractivity contribution in [2.75, 3.05) is 37.6 Å². The summed E-state index contributed by atoms with van der Waals surface area (Å²) in [5.74, 6) is -1.11. The molecule has 4 heteroatoms. The standard InChI is InChI=1S/C14H20N2O2/c1-2-7-15-8-10-16(11-9-15)13-5-3-12(4-6-13)14(17)18/h3-6H,2,7-11H2,1H3,(H,17,18). The van der Waals surface area contributed by atoms with E-state index in [0.717, 1.165) is 31.9 Å². The lowest BCUT2D eigenvalue weighted by molar-refractivity contribution is -0.900. The van der Waals surface area contributed by atoms with Crippen molar-refractivity contribution in [3.63, 3.8) is 0 Å². The number of quaternary nitrogens is 1. The van der Waals surface area contributed by atoms with Gasteiger partial charge in [0, 0.05) is 5.69 Å². The van der Waals surface area contributed by atoms with E-state index in [0.29, 0.717) is 0 Å². The van der Waals surface area contributed by atoms with Gasteiger partial charge in [-0.15, -0.1) is 0 Å². The Bertz CT molecular complexity index is 395. The van der Waals surface area contributed by atoms with Gasteiger partial charge in [0.1, 0.15) is 0 Å². The van der Waals surface area contributed by atoms with Crippen LogP contribution in [-0.2, 0) is 0 Å². The molecular weight excluding hydrogens is 228 g/mol. The van der Waals surface area contributed by atoms with Gasteiger partial charge in [0.25, 0.3) is 0 Å². The third-order valence-corrected chi connectivity index (χ3v) is 3.54. The van der Waals surface area contributed by atoms with E-state index in [2.05, 4.69) is 11.8 Å². The first kappa shape index (κ1) is 12.9. The van der Waals surface area contributed by atoms with Crippen LogP contribution in [0.2, 0.25) is 0 Å². The highest BCUT2D eigenvalue weighted by molar-refractivity contribution is 5.86. The van der Waals surface area contributed by atoms with E-state index in [1.54, 1.807) is 17.0 Å². The molecule has 1 aliphatic heterocycles. The summed E-state index contributed by atoms with van der Waals surface area (Å²) in [6, 6.07) is 6.98. The van der Waals surface area contributed by atoms with E-state index < -0.39 is 5.97 Å². The van der Waals surface area contributed by atoms with Gasteiger partial charge in [0.15, 0.2) is 0 Å². The Balaban J connectivity index is 1.95. The van der Waals surface area contributed by atoms with Crippen molar-refractivity contribution in [2.24, 2.45) is 0 Å². The molecule has 2 rings (SSSR count). The van der Waals surface area contributed by atoms with Crippen LogP contribution >= 0.6 is 0 Å². The molecule has 4 nitrogen and oxygen atoms in total. The van der Waals surface area contributed by atoms with Crippen molar-refractivity contribution in [1.82, 2.24) is 0 Å². The summed E-state index contributed by atoms with van der Waals surface area (Å²) in [6.45, 7) is 7.88. The summed E-state index contributed by atoms with van der Waals surface area (Å²) >= 11 is 0. The van der Waals surface area contributed by atoms with Crippen molar-refractivity contribution in [3.8, 4) is 0 Å². The number of benzene rings is 1. The average molecular weight is 248 g/mol. The number of carboxylic acids is 1. The zero-order valence-corrected chi connectivity index (χ0v) is 10.8. The van der Waals surface area contributed by atoms with E-state index in [-0.39, 0.29) is 5.56 Å². The maximum Gasteiger partial charge on any atom is 0.0949 e. The maximum atomic E-state index is 10.7. The molecule has 0 bridgehead atoms. The lowest BCUT2D eigenvalue weighted by Gasteiger charge is -2.33. The number of carboxylic acid groups (broad SMARTS) is 1. The molecule has 1 heterocycles. The predicted octanol–water partition coefficient (Wildman–Crippen LogP) is -0.835. The minimum Gasteiger partial charge on any atom is -0.545 e. The van der Waals surface area contributed by atoms with Crippen molar-refractivity contribution >= 4 is 11.7 Å². The molecule has 1 saturated heterocycles. The van der Waals surface area contributed by atoms with Crippen molar-refractivity contribution in [3.05, 3.63) is 29.8 Å². The Morgan fingerprint density at radius 1 is 1.28 bits per heavy atom. The summed E-state index contributed by atoms with van der Waals surface area (Å²) < 4.78 is 0. The van der Waals surface area contributed by atoms with Crippen LogP contribution in [0.4, 0.5) is 5.69 Å². The van der Waals surface area contributed by atoms with Gasteiger partial charge in [0.05, 0.1) is 38.7 Å². The van der Waals surface area contributed by atoms with Gasteiger partial charge in [0.2, 0.25) is 0 Å². The monoisotopic (exact) mass is 248 g/mol. The lowest BCUT2D eigenvalue weighted by Crippen LogP contribution is -3.14. The van der Waals surface area contributed by atoms with E-state index in [1.807, 2.05) is 12.1 Å². The Morgan fingerprint density at radius 3 is 2.39 bits per heavy atom. The number of rotatable bonds is 4. The molecule has 1 aromatic rings. The topological polar surface area (TPSA) is 47.8 Å². The zero-order valence-electron chi connectivity index (χ0n) is 10.8. The van der Waals surface area contributed by atoms with Gasteiger partial charge in [-0.3, -0.25) is 0 Å². The van der Waals surface area contributed by atoms with Crippen LogP contribution in [0.15, 0.2) is 24.3 Å². The molecule has 0 saturated carbocycles. The predicted molar refractivity (Wildman–Crippen MR) is 68.8 cm³/mol. The number of carbonyl (C=O) groups excluding carboxylic acids is 1. The van der Waals surface area contributed by atoms with Gasteiger partial charge in [-0.2, -0.15) is 0 Å². The molecule has 0 atom stereocenters. The first-order valence-corrected chi connectivity index (χ1v) is 6.60. The highest BCUT2D eigenvalue weighted by atomic mass is 16.4. The van der Waals surface area contributed by atoms with Crippen molar-refractivity contribution in [2.45, 2.75) is 13.3 Å². The van der Waals surface area contributed by atoms with E-state index in [4.69, 9.17) is 0 Å². The maximum absolute atomic E-state index is 10.7. The SMILES string of the molecule is CCC[NH+]1CCN(c2ccc(C(=O)[O-])cc2)CC1. The second-order valence-electron chi connectivity index (χ2n) is 4.82. The Labute approximate surface area is 108 Å². The Hall–Kier alpha value is -1.55. The van der Waals surface area contributed by atoms with Gasteiger partial charge < -0.3 is 19.7 Å². The van der Waals surface area contributed by atoms with Crippen molar-refractivity contribution < 1.29 is 14.8 Å². The molecule has 18 heavy (non-hydrogen) atoms. The number of hydrogen-bond donors (Lipinski definition) is 1. The summed E-state index contributed by atoms with van der Waals surface area (Å²) in [5, 5.41) is 10.7. The van der Waals surface area contributed by atoms with Crippen LogP contribution in [0, 0.1) is 0 Å². The average Bonchev–Trinajstić information content (AvgIpc) is 2.40. The highest BCUT2D eigenvalue weighted by Gasteiger charge is 2.18. The molecule has 1 fully saturated rings. The van der Waals surface area contributed by atoms with Gasteiger partial charge in [-0.05, 0) is 24.1 Å². The summed E-state index contributed by atoms with van der Waals surface area (Å²) in [7, 11) is 0. The molecule has 0 amide bonds. The zero-order chi connectivity index (χ0) is 13.0. The van der Waals surface area contributed by atoms with Gasteiger partial charge in [-0.1, -0.05) is 19.1 Å². The number of nitrogens with one attached hydrogen (secondary N) is 1. The second-order valence-corrected chi connectivity index (χ2v) is 4.82. The van der Waals surface area contributed by atoms with Crippen molar-refractivity contribution in [1.29, 1.82) is 0 Å². The number of piperazine rings is 1. The smallest absolute Gasteiger partial charge is 0.0949 e. The summed E-state index contributed by atoms with van der Waals surface area (Å²) in [4.78, 5) is 14.7. The lowest BCUT2D eigenvalue weighted by atomic mass is 10.2. The first-order valence-electron chi connectivity index (χ1n) is 6.60. The Morgan fingerprint density at radius 2 is 1.89 bits per heavy atom. The van der Waals surface area contributed by atoms with Crippen LogP contribution in [0.25, 0.3) is 0 Å². The molecule has 0 spiro atoms. The third-order valence-electron chi connectivity index (χ3n) is 3.54. The fourth-order valence-corrected chi connectivity index (χ4v) is 2.49. The quantitative estimate of drug-likeness (QED) is 0.756. The number of nitrogens with zero attached hydrogens (tertiary/aromatic N) is 1. The van der Waals surface area contributed by atoms with Gasteiger partial charge in [-0.25, -0.2) is 0 Å². The van der Waals surface area contributed by atoms with Crippen LogP contribution < -0.4 is 14.9 Å². The molecular formula is C14H20N2O2. The number of aromatic carboxylic acids is 1. The third kappa shape index (κ3) is 3.01. The minimum absolute atomic E-state index is 0.244. The van der Waals surface area contributed by atoms with Crippen LogP contribution in [0.1, 0.15) is 23.7 Å². The second kappa shape index (κ2) is 5.87. The highest BCUT2D eigenvalue weighted by Crippen LogP contribution is 2.14. The van der Waals surface area contributed by atoms with E-state index in [9.17, 15) is 9.90 Å². The number of hydrogen-bond acceptors (Lipinski definition) is 3. The fourth-order valence-electron chi connectivity index (χ4n) is 2.49. The van der Waals surface area contributed by atoms with Crippen LogP contribution in [-0.4, -0.2) is 38.7 Å². The van der Waals surface area contributed by atoms with Crippen LogP contribution in [0.3, 0.4) is 0 Å². The number of carbonyl (C=O) groups is 1. The summed E-state index contributed by atoms with van der Waals surface area (Å²) in [5.41, 5.74) is 1.35. The summed E-state index contributed by atoms with van der Waals surface area (Å²) in [6.07, 6.45) is 1.23. The molecule has 0 aliphatic carbocycles. The molecule has 1 aromatic carbocycles. The van der Waals surface area contributed by atoms with Crippen LogP contribution in [0.5, 0.6) is 0 Å².